The van der Waals surface area contributed by atoms with E-state index in [1.807, 2.05) is 0 Å². The molecule has 12 heteroatoms. The smallest absolute Gasteiger partial charge is 0.373 e. The van der Waals surface area contributed by atoms with E-state index in [9.17, 15) is 22.8 Å². The minimum Gasteiger partial charge on any atom is -0.373 e. The van der Waals surface area contributed by atoms with Crippen molar-refractivity contribution in [2.75, 3.05) is 17.7 Å². The number of carbonyl (C=O) groups excluding carboxylic acids is 2. The summed E-state index contributed by atoms with van der Waals surface area (Å²) in [5, 5.41) is 9.64. The van der Waals surface area contributed by atoms with Crippen molar-refractivity contribution in [3.8, 4) is 11.4 Å². The summed E-state index contributed by atoms with van der Waals surface area (Å²) in [6.45, 7) is -0.179. The van der Waals surface area contributed by atoms with E-state index in [0.717, 1.165) is 10.9 Å². The molecule has 0 bridgehead atoms. The zero-order chi connectivity index (χ0) is 28.7. The predicted octanol–water partition coefficient (Wildman–Crippen LogP) is 6.86. The van der Waals surface area contributed by atoms with Crippen LogP contribution in [0.1, 0.15) is 28.8 Å². The Balaban J connectivity index is 1.35. The predicted molar refractivity (Wildman–Crippen MR) is 149 cm³/mol. The van der Waals surface area contributed by atoms with Gasteiger partial charge >= 0.3 is 6.18 Å². The van der Waals surface area contributed by atoms with Gasteiger partial charge in [0.05, 0.1) is 16.1 Å². The first-order chi connectivity index (χ1) is 19.0. The van der Waals surface area contributed by atoms with Crippen molar-refractivity contribution in [1.29, 1.82) is 0 Å². The SMILES string of the molecule is CNc1nc(-c2ccc(Cl)cc2)nc2cc(NC(=O)c3cc(CNC(=O)C4(C(F)(F)F)CC4)ccc3Cl)ccc12. The van der Waals surface area contributed by atoms with E-state index >= 15 is 0 Å². The van der Waals surface area contributed by atoms with Crippen LogP contribution >= 0.6 is 23.2 Å². The molecule has 2 amide bonds. The van der Waals surface area contributed by atoms with Crippen LogP contribution in [0.25, 0.3) is 22.3 Å². The van der Waals surface area contributed by atoms with Crippen LogP contribution in [0.5, 0.6) is 0 Å². The van der Waals surface area contributed by atoms with Crippen LogP contribution in [-0.2, 0) is 11.3 Å². The summed E-state index contributed by atoms with van der Waals surface area (Å²) >= 11 is 12.3. The second-order valence-corrected chi connectivity index (χ2v) is 10.3. The molecule has 0 atom stereocenters. The molecule has 1 saturated carbocycles. The average molecular weight is 588 g/mol. The lowest BCUT2D eigenvalue weighted by molar-refractivity contribution is -0.192. The number of hydrogen-bond donors (Lipinski definition) is 3. The van der Waals surface area contributed by atoms with E-state index in [4.69, 9.17) is 23.2 Å². The lowest BCUT2D eigenvalue weighted by Crippen LogP contribution is -2.40. The van der Waals surface area contributed by atoms with Gasteiger partial charge < -0.3 is 16.0 Å². The maximum absolute atomic E-state index is 13.2. The van der Waals surface area contributed by atoms with Gasteiger partial charge in [-0.2, -0.15) is 13.2 Å². The fourth-order valence-corrected chi connectivity index (χ4v) is 4.63. The molecule has 1 aromatic heterocycles. The Morgan fingerprint density at radius 2 is 1.70 bits per heavy atom. The molecule has 3 N–H and O–H groups in total. The zero-order valence-corrected chi connectivity index (χ0v) is 22.5. The van der Waals surface area contributed by atoms with Gasteiger partial charge in [-0.05, 0) is 73.0 Å². The number of hydrogen-bond acceptors (Lipinski definition) is 5. The van der Waals surface area contributed by atoms with E-state index in [2.05, 4.69) is 25.9 Å². The molecular weight excluding hydrogens is 566 g/mol. The normalized spacial score (nSPS) is 14.1. The van der Waals surface area contributed by atoms with E-state index in [0.29, 0.717) is 33.4 Å². The Hall–Kier alpha value is -3.89. The van der Waals surface area contributed by atoms with Crippen molar-refractivity contribution in [2.45, 2.75) is 25.6 Å². The molecule has 5 rings (SSSR count). The first-order valence-corrected chi connectivity index (χ1v) is 13.0. The molecule has 206 valence electrons. The van der Waals surface area contributed by atoms with Crippen LogP contribution in [-0.4, -0.2) is 35.0 Å². The fourth-order valence-electron chi connectivity index (χ4n) is 4.30. The molecule has 3 aromatic carbocycles. The highest BCUT2D eigenvalue weighted by Crippen LogP contribution is 2.57. The van der Waals surface area contributed by atoms with Crippen LogP contribution in [0, 0.1) is 5.41 Å². The second-order valence-electron chi connectivity index (χ2n) is 9.42. The first kappa shape index (κ1) is 27.7. The zero-order valence-electron chi connectivity index (χ0n) is 21.0. The molecule has 40 heavy (non-hydrogen) atoms. The number of rotatable bonds is 7. The maximum Gasteiger partial charge on any atom is 0.403 e. The van der Waals surface area contributed by atoms with Crippen LogP contribution < -0.4 is 16.0 Å². The van der Waals surface area contributed by atoms with Crippen LogP contribution in [0.2, 0.25) is 10.0 Å². The molecule has 7 nitrogen and oxygen atoms in total. The highest BCUT2D eigenvalue weighted by atomic mass is 35.5. The highest BCUT2D eigenvalue weighted by molar-refractivity contribution is 6.34. The van der Waals surface area contributed by atoms with Gasteiger partial charge in [-0.3, -0.25) is 9.59 Å². The van der Waals surface area contributed by atoms with Crippen molar-refractivity contribution < 1.29 is 22.8 Å². The van der Waals surface area contributed by atoms with Gasteiger partial charge in [-0.15, -0.1) is 0 Å². The van der Waals surface area contributed by atoms with Gasteiger partial charge in [0, 0.05) is 35.3 Å². The van der Waals surface area contributed by atoms with Gasteiger partial charge in [0.2, 0.25) is 5.91 Å². The van der Waals surface area contributed by atoms with Crippen LogP contribution in [0.3, 0.4) is 0 Å². The van der Waals surface area contributed by atoms with Gasteiger partial charge in [-0.25, -0.2) is 9.97 Å². The number of alkyl halides is 3. The van der Waals surface area contributed by atoms with Crippen LogP contribution in [0.15, 0.2) is 60.7 Å². The van der Waals surface area contributed by atoms with E-state index in [1.165, 1.54) is 18.2 Å². The molecule has 0 spiro atoms. The van der Waals surface area contributed by atoms with Crippen molar-refractivity contribution in [3.63, 3.8) is 0 Å². The van der Waals surface area contributed by atoms with Gasteiger partial charge in [0.25, 0.3) is 5.91 Å². The van der Waals surface area contributed by atoms with Crippen molar-refractivity contribution in [1.82, 2.24) is 15.3 Å². The molecule has 1 aliphatic rings. The number of amides is 2. The minimum absolute atomic E-state index is 0.103. The number of anilines is 2. The fraction of sp³-hybridized carbons (Fsp3) is 0.214. The van der Waals surface area contributed by atoms with Crippen molar-refractivity contribution in [2.24, 2.45) is 5.41 Å². The molecule has 0 unspecified atom stereocenters. The molecule has 4 aromatic rings. The van der Waals surface area contributed by atoms with E-state index in [-0.39, 0.29) is 30.0 Å². The summed E-state index contributed by atoms with van der Waals surface area (Å²) in [5.74, 6) is -0.539. The molecule has 0 radical (unpaired) electrons. The number of benzene rings is 3. The largest absolute Gasteiger partial charge is 0.403 e. The Labute approximate surface area is 237 Å². The van der Waals surface area contributed by atoms with E-state index in [1.54, 1.807) is 49.5 Å². The van der Waals surface area contributed by atoms with E-state index < -0.39 is 23.4 Å². The summed E-state index contributed by atoms with van der Waals surface area (Å²) in [7, 11) is 1.74. The monoisotopic (exact) mass is 587 g/mol. The average Bonchev–Trinajstić information content (AvgIpc) is 3.75. The summed E-state index contributed by atoms with van der Waals surface area (Å²) in [4.78, 5) is 34.5. The summed E-state index contributed by atoms with van der Waals surface area (Å²) in [5.41, 5.74) is -0.0146. The lowest BCUT2D eigenvalue weighted by atomic mass is 10.1. The third kappa shape index (κ3) is 5.41. The Bertz CT molecular complexity index is 1620. The van der Waals surface area contributed by atoms with Crippen LogP contribution in [0.4, 0.5) is 24.7 Å². The standard InChI is InChI=1S/C28H22Cl2F3N5O2/c1-34-24-19-8-7-18(13-22(19)37-23(38-24)16-3-5-17(29)6-4-16)36-25(39)20-12-15(2-9-21(20)30)14-35-26(40)27(10-11-27)28(31,32)33/h2-9,12-13H,10-11,14H2,1H3,(H,35,40)(H,36,39)(H,34,37,38). The third-order valence-electron chi connectivity index (χ3n) is 6.75. The quantitative estimate of drug-likeness (QED) is 0.219. The maximum atomic E-state index is 13.2. The molecule has 1 heterocycles. The summed E-state index contributed by atoms with van der Waals surface area (Å²) in [6, 6.07) is 16.7. The number of nitrogens with one attached hydrogen (secondary N) is 3. The van der Waals surface area contributed by atoms with Gasteiger partial charge in [0.15, 0.2) is 5.82 Å². The summed E-state index contributed by atoms with van der Waals surface area (Å²) in [6.07, 6.45) is -5.06. The number of nitrogens with zero attached hydrogens (tertiary/aromatic N) is 2. The Kier molecular flexibility index (Phi) is 7.32. The first-order valence-electron chi connectivity index (χ1n) is 12.2. The third-order valence-corrected chi connectivity index (χ3v) is 7.33. The number of carbonyl (C=O) groups is 2. The van der Waals surface area contributed by atoms with Gasteiger partial charge in [0.1, 0.15) is 11.2 Å². The Morgan fingerprint density at radius 1 is 0.975 bits per heavy atom. The lowest BCUT2D eigenvalue weighted by Gasteiger charge is -2.18. The summed E-state index contributed by atoms with van der Waals surface area (Å²) < 4.78 is 39.7. The number of fused-ring (bicyclic) bond motifs is 1. The van der Waals surface area contributed by atoms with Crippen molar-refractivity contribution in [3.05, 3.63) is 81.8 Å². The number of aromatic nitrogens is 2. The number of halogens is 5. The Morgan fingerprint density at radius 3 is 2.35 bits per heavy atom. The topological polar surface area (TPSA) is 96.0 Å². The molecule has 1 aliphatic carbocycles. The molecule has 0 saturated heterocycles. The molecular formula is C28H22Cl2F3N5O2. The highest BCUT2D eigenvalue weighted by Gasteiger charge is 2.68. The van der Waals surface area contributed by atoms with Crippen molar-refractivity contribution >= 4 is 57.4 Å². The minimum atomic E-state index is -4.60. The van der Waals surface area contributed by atoms with Gasteiger partial charge in [-0.1, -0.05) is 29.3 Å². The molecule has 1 fully saturated rings. The second kappa shape index (κ2) is 10.6. The molecule has 0 aliphatic heterocycles.